The minimum atomic E-state index is -1.60. The van der Waals surface area contributed by atoms with Crippen molar-refractivity contribution in [2.45, 2.75) is 39.7 Å². The Morgan fingerprint density at radius 3 is 2.50 bits per heavy atom. The van der Waals surface area contributed by atoms with Gasteiger partial charge >= 0.3 is 11.7 Å². The molecule has 0 spiro atoms. The van der Waals surface area contributed by atoms with Crippen LogP contribution in [-0.2, 0) is 16.8 Å². The van der Waals surface area contributed by atoms with Crippen LogP contribution < -0.4 is 11.2 Å². The van der Waals surface area contributed by atoms with Gasteiger partial charge in [0.25, 0.3) is 5.56 Å². The molecule has 2 heterocycles. The number of carbonyl (C=O) groups is 1. The summed E-state index contributed by atoms with van der Waals surface area (Å²) in [5, 5.41) is 9.66. The van der Waals surface area contributed by atoms with Crippen molar-refractivity contribution in [3.8, 4) is 0 Å². The Balaban J connectivity index is 2.99. The van der Waals surface area contributed by atoms with E-state index >= 15 is 0 Å². The summed E-state index contributed by atoms with van der Waals surface area (Å²) >= 11 is 1.34. The summed E-state index contributed by atoms with van der Waals surface area (Å²) in [6.45, 7) is 6.48. The molecule has 2 aromatic rings. The number of carboxylic acids is 1. The first kappa shape index (κ1) is 14.5. The van der Waals surface area contributed by atoms with Crippen molar-refractivity contribution in [2.24, 2.45) is 0 Å². The van der Waals surface area contributed by atoms with Gasteiger partial charge in [-0.25, -0.2) is 14.2 Å². The largest absolute Gasteiger partial charge is 0.480 e. The normalized spacial score (nSPS) is 12.0. The van der Waals surface area contributed by atoms with Gasteiger partial charge in [0.1, 0.15) is 10.4 Å². The number of H-pyrrole nitrogens is 1. The highest BCUT2D eigenvalue weighted by Crippen LogP contribution is 2.27. The highest BCUT2D eigenvalue weighted by Gasteiger charge is 2.33. The number of rotatable bonds is 3. The maximum atomic E-state index is 12.6. The van der Waals surface area contributed by atoms with E-state index in [-0.39, 0.29) is 0 Å². The molecule has 0 aliphatic rings. The average molecular weight is 296 g/mol. The molecule has 108 valence electrons. The predicted octanol–water partition coefficient (Wildman–Crippen LogP) is 1.44. The van der Waals surface area contributed by atoms with Gasteiger partial charge in [-0.1, -0.05) is 6.92 Å². The number of aromatic amines is 1. The molecule has 0 saturated heterocycles. The molecule has 6 nitrogen and oxygen atoms in total. The van der Waals surface area contributed by atoms with Gasteiger partial charge < -0.3 is 5.11 Å². The van der Waals surface area contributed by atoms with E-state index in [0.717, 1.165) is 15.0 Å². The Bertz CT molecular complexity index is 810. The fraction of sp³-hybridized carbons (Fsp3) is 0.462. The summed E-state index contributed by atoms with van der Waals surface area (Å²) < 4.78 is 0.781. The lowest BCUT2D eigenvalue weighted by Gasteiger charge is -2.21. The van der Waals surface area contributed by atoms with Gasteiger partial charge in [-0.15, -0.1) is 11.3 Å². The smallest absolute Gasteiger partial charge is 0.330 e. The van der Waals surface area contributed by atoms with Crippen molar-refractivity contribution >= 4 is 27.5 Å². The summed E-state index contributed by atoms with van der Waals surface area (Å²) in [4.78, 5) is 40.0. The third kappa shape index (κ3) is 1.89. The molecule has 0 radical (unpaired) electrons. The van der Waals surface area contributed by atoms with Crippen molar-refractivity contribution in [1.29, 1.82) is 0 Å². The molecule has 7 heteroatoms. The van der Waals surface area contributed by atoms with Gasteiger partial charge in [-0.3, -0.25) is 9.78 Å². The van der Waals surface area contributed by atoms with Crippen molar-refractivity contribution in [3.05, 3.63) is 31.3 Å². The quantitative estimate of drug-likeness (QED) is 0.896. The average Bonchev–Trinajstić information content (AvgIpc) is 2.64. The molecule has 0 unspecified atom stereocenters. The molecular weight excluding hydrogens is 280 g/mol. The molecule has 0 aliphatic carbocycles. The lowest BCUT2D eigenvalue weighted by Crippen LogP contribution is -2.50. The van der Waals surface area contributed by atoms with E-state index in [4.69, 9.17) is 0 Å². The molecule has 0 atom stereocenters. The number of aliphatic carboxylic acids is 1. The molecule has 0 amide bonds. The van der Waals surface area contributed by atoms with Crippen LogP contribution in [0.1, 0.15) is 31.2 Å². The highest BCUT2D eigenvalue weighted by atomic mass is 32.1. The molecule has 2 rings (SSSR count). The maximum absolute atomic E-state index is 12.6. The second-order valence-electron chi connectivity index (χ2n) is 5.13. The second kappa shape index (κ2) is 4.59. The zero-order valence-electron chi connectivity index (χ0n) is 11.7. The highest BCUT2D eigenvalue weighted by molar-refractivity contribution is 7.18. The van der Waals surface area contributed by atoms with E-state index in [0.29, 0.717) is 16.6 Å². The lowest BCUT2D eigenvalue weighted by atomic mass is 10.1. The summed E-state index contributed by atoms with van der Waals surface area (Å²) in [5.74, 6) is -1.23. The Labute approximate surface area is 118 Å². The number of nitrogens with one attached hydrogen (secondary N) is 1. The standard InChI is InChI=1S/C13H16N2O4S/c1-5-7-6(2)20-9-8(7)10(16)15(12(19)14-9)13(3,4)11(17)18/h5H2,1-4H3,(H,14,19)(H,17,18). The number of aromatic nitrogens is 2. The van der Waals surface area contributed by atoms with Crippen LogP contribution in [-0.4, -0.2) is 20.6 Å². The molecule has 0 aliphatic heterocycles. The number of thiophene rings is 1. The van der Waals surface area contributed by atoms with Crippen LogP contribution in [0.15, 0.2) is 9.59 Å². The van der Waals surface area contributed by atoms with Gasteiger partial charge in [-0.2, -0.15) is 0 Å². The molecule has 0 saturated carbocycles. The van der Waals surface area contributed by atoms with Crippen molar-refractivity contribution < 1.29 is 9.90 Å². The first-order valence-corrected chi connectivity index (χ1v) is 7.04. The van der Waals surface area contributed by atoms with E-state index in [9.17, 15) is 19.5 Å². The van der Waals surface area contributed by atoms with Crippen molar-refractivity contribution in [3.63, 3.8) is 0 Å². The van der Waals surface area contributed by atoms with Crippen LogP contribution in [0.25, 0.3) is 10.2 Å². The van der Waals surface area contributed by atoms with Crippen LogP contribution in [0.3, 0.4) is 0 Å². The number of aryl methyl sites for hydroxylation is 2. The third-order valence-corrected chi connectivity index (χ3v) is 4.55. The van der Waals surface area contributed by atoms with Gasteiger partial charge in [0, 0.05) is 4.88 Å². The minimum Gasteiger partial charge on any atom is -0.480 e. The number of nitrogens with zero attached hydrogens (tertiary/aromatic N) is 1. The monoisotopic (exact) mass is 296 g/mol. The van der Waals surface area contributed by atoms with E-state index in [1.54, 1.807) is 0 Å². The number of hydrogen-bond donors (Lipinski definition) is 2. The van der Waals surface area contributed by atoms with Gasteiger partial charge in [0.2, 0.25) is 0 Å². The van der Waals surface area contributed by atoms with E-state index in [1.165, 1.54) is 25.2 Å². The topological polar surface area (TPSA) is 92.2 Å². The van der Waals surface area contributed by atoms with Gasteiger partial charge in [0.05, 0.1) is 5.39 Å². The molecule has 2 N–H and O–H groups in total. The summed E-state index contributed by atoms with van der Waals surface area (Å²) in [7, 11) is 0. The zero-order valence-corrected chi connectivity index (χ0v) is 12.6. The fourth-order valence-corrected chi connectivity index (χ4v) is 3.41. The van der Waals surface area contributed by atoms with Crippen LogP contribution in [0.2, 0.25) is 0 Å². The first-order valence-electron chi connectivity index (χ1n) is 6.23. The van der Waals surface area contributed by atoms with Crippen molar-refractivity contribution in [1.82, 2.24) is 9.55 Å². The number of fused-ring (bicyclic) bond motifs is 1. The van der Waals surface area contributed by atoms with E-state index in [1.807, 2.05) is 13.8 Å². The van der Waals surface area contributed by atoms with Crippen LogP contribution in [0.5, 0.6) is 0 Å². The van der Waals surface area contributed by atoms with Gasteiger partial charge in [-0.05, 0) is 32.8 Å². The second-order valence-corrected chi connectivity index (χ2v) is 6.35. The third-order valence-electron chi connectivity index (χ3n) is 3.49. The fourth-order valence-electron chi connectivity index (χ4n) is 2.28. The minimum absolute atomic E-state index is 0.420. The molecule has 2 aromatic heterocycles. The Morgan fingerprint density at radius 1 is 1.40 bits per heavy atom. The Kier molecular flexibility index (Phi) is 3.33. The number of hydrogen-bond acceptors (Lipinski definition) is 4. The molecule has 0 aromatic carbocycles. The first-order chi connectivity index (χ1) is 9.21. The molecule has 0 bridgehead atoms. The van der Waals surface area contributed by atoms with E-state index < -0.39 is 22.8 Å². The Hall–Kier alpha value is -1.89. The van der Waals surface area contributed by atoms with Crippen LogP contribution in [0, 0.1) is 6.92 Å². The lowest BCUT2D eigenvalue weighted by molar-refractivity contribution is -0.146. The number of carboxylic acid groups (broad SMARTS) is 1. The van der Waals surface area contributed by atoms with Gasteiger partial charge in [0.15, 0.2) is 0 Å². The predicted molar refractivity (Wildman–Crippen MR) is 77.8 cm³/mol. The Morgan fingerprint density at radius 2 is 2.00 bits per heavy atom. The zero-order chi connectivity index (χ0) is 15.2. The van der Waals surface area contributed by atoms with Crippen LogP contribution in [0.4, 0.5) is 0 Å². The SMILES string of the molecule is CCc1c(C)sc2[nH]c(=O)n(C(C)(C)C(=O)O)c(=O)c12. The molecular formula is C13H16N2O4S. The van der Waals surface area contributed by atoms with Crippen molar-refractivity contribution in [2.75, 3.05) is 0 Å². The summed E-state index contributed by atoms with van der Waals surface area (Å²) in [6, 6.07) is 0. The van der Waals surface area contributed by atoms with E-state index in [2.05, 4.69) is 4.98 Å². The summed E-state index contributed by atoms with van der Waals surface area (Å²) in [5.41, 5.74) is -1.97. The molecule has 20 heavy (non-hydrogen) atoms. The molecule has 0 fully saturated rings. The van der Waals surface area contributed by atoms with Crippen LogP contribution >= 0.6 is 11.3 Å². The maximum Gasteiger partial charge on any atom is 0.330 e. The summed E-state index contributed by atoms with van der Waals surface area (Å²) in [6.07, 6.45) is 0.653.